The molecule has 0 N–H and O–H groups in total. The minimum Gasteiger partial charge on any atom is -0.299 e. The number of carbonyl (C=O) groups excluding carboxylic acids is 1. The van der Waals surface area contributed by atoms with E-state index in [4.69, 9.17) is 0 Å². The molecule has 0 rings (SSSR count). The van der Waals surface area contributed by atoms with Crippen molar-refractivity contribution in [2.24, 2.45) is 0 Å². The van der Waals surface area contributed by atoms with Crippen LogP contribution in [0.5, 0.6) is 0 Å². The Hall–Kier alpha value is -0.590. The van der Waals surface area contributed by atoms with Gasteiger partial charge in [0, 0.05) is 12.8 Å². The molecule has 0 aliphatic heterocycles. The van der Waals surface area contributed by atoms with Crippen LogP contribution in [0.25, 0.3) is 0 Å². The molecule has 0 radical (unpaired) electrons. The maximum Gasteiger partial charge on any atom is 0.136 e. The van der Waals surface area contributed by atoms with E-state index in [1.807, 2.05) is 26.8 Å². The molecule has 0 saturated carbocycles. The summed E-state index contributed by atoms with van der Waals surface area (Å²) in [5.41, 5.74) is 1.22. The van der Waals surface area contributed by atoms with Crippen molar-refractivity contribution in [1.29, 1.82) is 0 Å². The first-order valence-electron chi connectivity index (χ1n) is 3.32. The number of ketones is 1. The fourth-order valence-electron chi connectivity index (χ4n) is 0.462. The highest BCUT2D eigenvalue weighted by Gasteiger charge is 1.91. The third-order valence-electron chi connectivity index (χ3n) is 1.13. The lowest BCUT2D eigenvalue weighted by Gasteiger charge is -1.89. The molecular weight excluding hydrogens is 112 g/mol. The first kappa shape index (κ1) is 8.41. The normalized spacial score (nSPS) is 8.78. The molecule has 0 atom stereocenters. The lowest BCUT2D eigenvalue weighted by molar-refractivity contribution is -0.117. The van der Waals surface area contributed by atoms with Gasteiger partial charge in [-0.1, -0.05) is 18.6 Å². The Kier molecular flexibility index (Phi) is 4.02. The molecule has 52 valence electrons. The topological polar surface area (TPSA) is 17.1 Å². The highest BCUT2D eigenvalue weighted by atomic mass is 16.1. The van der Waals surface area contributed by atoms with E-state index in [9.17, 15) is 4.79 Å². The molecular formula is C8H14O. The van der Waals surface area contributed by atoms with E-state index in [1.54, 1.807) is 0 Å². The highest BCUT2D eigenvalue weighted by molar-refractivity contribution is 5.79. The molecule has 1 heteroatoms. The monoisotopic (exact) mass is 126 g/mol. The summed E-state index contributed by atoms with van der Waals surface area (Å²) in [6, 6.07) is 0. The van der Waals surface area contributed by atoms with Crippen LogP contribution in [0.2, 0.25) is 0 Å². The summed E-state index contributed by atoms with van der Waals surface area (Å²) in [5, 5.41) is 0. The number of hydrogen-bond acceptors (Lipinski definition) is 1. The summed E-state index contributed by atoms with van der Waals surface area (Å²) in [7, 11) is 0. The lowest BCUT2D eigenvalue weighted by Crippen LogP contribution is -1.90. The summed E-state index contributed by atoms with van der Waals surface area (Å²) < 4.78 is 0. The summed E-state index contributed by atoms with van der Waals surface area (Å²) in [5.74, 6) is 0.316. The van der Waals surface area contributed by atoms with Crippen LogP contribution in [-0.2, 0) is 4.79 Å². The number of rotatable bonds is 3. The smallest absolute Gasteiger partial charge is 0.136 e. The van der Waals surface area contributed by atoms with E-state index in [0.717, 1.165) is 0 Å². The van der Waals surface area contributed by atoms with E-state index in [0.29, 0.717) is 18.6 Å². The van der Waals surface area contributed by atoms with Gasteiger partial charge in [-0.05, 0) is 13.8 Å². The fraction of sp³-hybridized carbons (Fsp3) is 0.625. The van der Waals surface area contributed by atoms with Gasteiger partial charge >= 0.3 is 0 Å². The first-order valence-corrected chi connectivity index (χ1v) is 3.32. The first-order chi connectivity index (χ1) is 4.16. The molecule has 0 bridgehead atoms. The van der Waals surface area contributed by atoms with Crippen molar-refractivity contribution in [3.05, 3.63) is 11.6 Å². The zero-order valence-corrected chi connectivity index (χ0v) is 6.40. The molecule has 0 heterocycles. The standard InChI is InChI=1S/C8H14O/c1-4-8(9)6-5-7(2)3/h5H,4,6H2,1-3H3. The van der Waals surface area contributed by atoms with E-state index in [1.165, 1.54) is 5.57 Å². The highest BCUT2D eigenvalue weighted by Crippen LogP contribution is 1.95. The number of hydrogen-bond donors (Lipinski definition) is 0. The Bertz CT molecular complexity index is 119. The van der Waals surface area contributed by atoms with Gasteiger partial charge in [-0.2, -0.15) is 0 Å². The van der Waals surface area contributed by atoms with Crippen molar-refractivity contribution in [1.82, 2.24) is 0 Å². The van der Waals surface area contributed by atoms with Crippen LogP contribution < -0.4 is 0 Å². The van der Waals surface area contributed by atoms with E-state index >= 15 is 0 Å². The molecule has 9 heavy (non-hydrogen) atoms. The Morgan fingerprint density at radius 2 is 2.00 bits per heavy atom. The third kappa shape index (κ3) is 5.28. The van der Waals surface area contributed by atoms with Crippen molar-refractivity contribution in [3.63, 3.8) is 0 Å². The second kappa shape index (κ2) is 4.30. The van der Waals surface area contributed by atoms with Crippen LogP contribution in [0.3, 0.4) is 0 Å². The van der Waals surface area contributed by atoms with E-state index < -0.39 is 0 Å². The Balaban J connectivity index is 3.50. The molecule has 0 aromatic heterocycles. The summed E-state index contributed by atoms with van der Waals surface area (Å²) in [6.45, 7) is 5.90. The maximum atomic E-state index is 10.7. The molecule has 0 aromatic rings. The van der Waals surface area contributed by atoms with Gasteiger partial charge in [0.05, 0.1) is 0 Å². The minimum atomic E-state index is 0.316. The van der Waals surface area contributed by atoms with Gasteiger partial charge in [0.15, 0.2) is 0 Å². The zero-order chi connectivity index (χ0) is 7.28. The van der Waals surface area contributed by atoms with Gasteiger partial charge in [-0.15, -0.1) is 0 Å². The molecule has 0 spiro atoms. The van der Waals surface area contributed by atoms with Crippen molar-refractivity contribution in [3.8, 4) is 0 Å². The van der Waals surface area contributed by atoms with Gasteiger partial charge in [0.25, 0.3) is 0 Å². The summed E-state index contributed by atoms with van der Waals surface area (Å²) in [6.07, 6.45) is 3.23. The molecule has 0 aromatic carbocycles. The zero-order valence-electron chi connectivity index (χ0n) is 6.40. The molecule has 0 fully saturated rings. The second-order valence-electron chi connectivity index (χ2n) is 2.38. The van der Waals surface area contributed by atoms with Crippen LogP contribution >= 0.6 is 0 Å². The Morgan fingerprint density at radius 1 is 1.44 bits per heavy atom. The average Bonchev–Trinajstić information content (AvgIpc) is 1.83. The number of carbonyl (C=O) groups is 1. The van der Waals surface area contributed by atoms with Crippen LogP contribution in [0, 0.1) is 0 Å². The largest absolute Gasteiger partial charge is 0.299 e. The summed E-state index contributed by atoms with van der Waals surface area (Å²) in [4.78, 5) is 10.7. The van der Waals surface area contributed by atoms with Crippen molar-refractivity contribution in [2.45, 2.75) is 33.6 Å². The van der Waals surface area contributed by atoms with Crippen LogP contribution in [0.15, 0.2) is 11.6 Å². The second-order valence-corrected chi connectivity index (χ2v) is 2.38. The van der Waals surface area contributed by atoms with Gasteiger partial charge in [0.2, 0.25) is 0 Å². The quantitative estimate of drug-likeness (QED) is 0.530. The maximum absolute atomic E-state index is 10.7. The van der Waals surface area contributed by atoms with Gasteiger partial charge < -0.3 is 0 Å². The molecule has 1 nitrogen and oxygen atoms in total. The Labute approximate surface area is 56.8 Å². The van der Waals surface area contributed by atoms with Crippen molar-refractivity contribution < 1.29 is 4.79 Å². The minimum absolute atomic E-state index is 0.316. The third-order valence-corrected chi connectivity index (χ3v) is 1.13. The predicted molar refractivity (Wildman–Crippen MR) is 39.3 cm³/mol. The van der Waals surface area contributed by atoms with Crippen molar-refractivity contribution >= 4 is 5.78 Å². The van der Waals surface area contributed by atoms with Crippen LogP contribution in [0.4, 0.5) is 0 Å². The molecule has 0 aliphatic rings. The van der Waals surface area contributed by atoms with Gasteiger partial charge in [0.1, 0.15) is 5.78 Å². The van der Waals surface area contributed by atoms with E-state index in [-0.39, 0.29) is 0 Å². The number of allylic oxidation sites excluding steroid dienone is 2. The van der Waals surface area contributed by atoms with Crippen molar-refractivity contribution in [2.75, 3.05) is 0 Å². The average molecular weight is 126 g/mol. The van der Waals surface area contributed by atoms with E-state index in [2.05, 4.69) is 0 Å². The fourth-order valence-corrected chi connectivity index (χ4v) is 0.462. The summed E-state index contributed by atoms with van der Waals surface area (Å²) >= 11 is 0. The molecule has 0 unspecified atom stereocenters. The lowest BCUT2D eigenvalue weighted by atomic mass is 10.2. The van der Waals surface area contributed by atoms with Crippen LogP contribution in [-0.4, -0.2) is 5.78 Å². The number of Topliss-reactive ketones (excluding diaryl/α,β-unsaturated/α-hetero) is 1. The Morgan fingerprint density at radius 3 is 2.33 bits per heavy atom. The molecule has 0 aliphatic carbocycles. The molecule has 0 amide bonds. The van der Waals surface area contributed by atoms with Gasteiger partial charge in [-0.25, -0.2) is 0 Å². The SMILES string of the molecule is CCC(=O)CC=C(C)C. The predicted octanol–water partition coefficient (Wildman–Crippen LogP) is 2.32. The molecule has 0 saturated heterocycles. The van der Waals surface area contributed by atoms with Crippen LogP contribution in [0.1, 0.15) is 33.6 Å². The van der Waals surface area contributed by atoms with Gasteiger partial charge in [-0.3, -0.25) is 4.79 Å².